The highest BCUT2D eigenvalue weighted by Crippen LogP contribution is 2.28. The van der Waals surface area contributed by atoms with Crippen LogP contribution >= 0.6 is 21.6 Å². The van der Waals surface area contributed by atoms with Crippen molar-refractivity contribution in [1.82, 2.24) is 15.2 Å². The number of carbonyl (C=O) groups is 1. The van der Waals surface area contributed by atoms with E-state index in [4.69, 9.17) is 0 Å². The Morgan fingerprint density at radius 3 is 2.94 bits per heavy atom. The van der Waals surface area contributed by atoms with Gasteiger partial charge in [-0.2, -0.15) is 0 Å². The first-order valence-electron chi connectivity index (χ1n) is 5.80. The highest BCUT2D eigenvalue weighted by Gasteiger charge is 2.02. The van der Waals surface area contributed by atoms with E-state index >= 15 is 0 Å². The molecule has 1 rings (SSSR count). The SMILES string of the molecule is CN(C)CCCNC(=O)CSSc1ccccn1. The van der Waals surface area contributed by atoms with Crippen LogP contribution in [-0.4, -0.2) is 48.7 Å². The molecule has 4 nitrogen and oxygen atoms in total. The van der Waals surface area contributed by atoms with Gasteiger partial charge in [-0.1, -0.05) is 16.9 Å². The molecule has 0 unspecified atom stereocenters. The second-order valence-corrected chi connectivity index (χ2v) is 6.34. The summed E-state index contributed by atoms with van der Waals surface area (Å²) >= 11 is 0. The number of hydrogen-bond acceptors (Lipinski definition) is 5. The highest BCUT2D eigenvalue weighted by molar-refractivity contribution is 8.76. The summed E-state index contributed by atoms with van der Waals surface area (Å²) < 4.78 is 0. The summed E-state index contributed by atoms with van der Waals surface area (Å²) in [6, 6.07) is 5.76. The molecule has 0 saturated carbocycles. The predicted molar refractivity (Wildman–Crippen MR) is 78.7 cm³/mol. The minimum Gasteiger partial charge on any atom is -0.355 e. The maximum Gasteiger partial charge on any atom is 0.230 e. The van der Waals surface area contributed by atoms with Crippen molar-refractivity contribution in [3.63, 3.8) is 0 Å². The smallest absolute Gasteiger partial charge is 0.230 e. The molecule has 18 heavy (non-hydrogen) atoms. The molecular formula is C12H19N3OS2. The molecule has 1 N–H and O–H groups in total. The van der Waals surface area contributed by atoms with Crippen molar-refractivity contribution in [2.45, 2.75) is 11.4 Å². The van der Waals surface area contributed by atoms with Crippen molar-refractivity contribution in [2.75, 3.05) is 32.9 Å². The molecule has 100 valence electrons. The Morgan fingerprint density at radius 2 is 2.28 bits per heavy atom. The summed E-state index contributed by atoms with van der Waals surface area (Å²) in [7, 11) is 7.10. The molecule has 1 aromatic rings. The summed E-state index contributed by atoms with van der Waals surface area (Å²) in [5, 5.41) is 3.84. The molecular weight excluding hydrogens is 266 g/mol. The monoisotopic (exact) mass is 285 g/mol. The number of aromatic nitrogens is 1. The van der Waals surface area contributed by atoms with E-state index in [-0.39, 0.29) is 5.91 Å². The van der Waals surface area contributed by atoms with Gasteiger partial charge in [0, 0.05) is 12.7 Å². The minimum atomic E-state index is 0.0854. The molecule has 0 aliphatic heterocycles. The lowest BCUT2D eigenvalue weighted by Gasteiger charge is -2.09. The number of nitrogens with one attached hydrogen (secondary N) is 1. The summed E-state index contributed by atoms with van der Waals surface area (Å²) in [4.78, 5) is 17.8. The van der Waals surface area contributed by atoms with Crippen molar-refractivity contribution in [1.29, 1.82) is 0 Å². The third kappa shape index (κ3) is 7.58. The molecule has 0 aromatic carbocycles. The number of carbonyl (C=O) groups excluding carboxylic acids is 1. The van der Waals surface area contributed by atoms with Crippen LogP contribution in [0.1, 0.15) is 6.42 Å². The summed E-state index contributed by atoms with van der Waals surface area (Å²) in [6.45, 7) is 1.74. The zero-order valence-corrected chi connectivity index (χ0v) is 12.4. The molecule has 1 aromatic heterocycles. The van der Waals surface area contributed by atoms with Crippen LogP contribution in [0.3, 0.4) is 0 Å². The Balaban J connectivity index is 2.03. The average molecular weight is 285 g/mol. The van der Waals surface area contributed by atoms with Crippen molar-refractivity contribution in [2.24, 2.45) is 0 Å². The Morgan fingerprint density at radius 1 is 1.44 bits per heavy atom. The van der Waals surface area contributed by atoms with Crippen molar-refractivity contribution < 1.29 is 4.79 Å². The number of hydrogen-bond donors (Lipinski definition) is 1. The van der Waals surface area contributed by atoms with Gasteiger partial charge in [0.25, 0.3) is 0 Å². The first-order valence-corrected chi connectivity index (χ1v) is 8.12. The fourth-order valence-corrected chi connectivity index (χ4v) is 3.00. The molecule has 6 heteroatoms. The molecule has 0 fully saturated rings. The fourth-order valence-electron chi connectivity index (χ4n) is 1.21. The number of pyridine rings is 1. The fraction of sp³-hybridized carbons (Fsp3) is 0.500. The van der Waals surface area contributed by atoms with Gasteiger partial charge in [-0.25, -0.2) is 4.98 Å². The van der Waals surface area contributed by atoms with E-state index in [1.165, 1.54) is 21.6 Å². The average Bonchev–Trinajstić information content (AvgIpc) is 2.36. The summed E-state index contributed by atoms with van der Waals surface area (Å²) in [5.74, 6) is 0.547. The van der Waals surface area contributed by atoms with Crippen LogP contribution in [0.4, 0.5) is 0 Å². The van der Waals surface area contributed by atoms with Crippen molar-refractivity contribution in [3.8, 4) is 0 Å². The molecule has 1 heterocycles. The van der Waals surface area contributed by atoms with E-state index in [1.54, 1.807) is 6.20 Å². The zero-order chi connectivity index (χ0) is 13.2. The van der Waals surface area contributed by atoms with Gasteiger partial charge in [0.05, 0.1) is 5.75 Å². The molecule has 0 atom stereocenters. The quantitative estimate of drug-likeness (QED) is 0.584. The van der Waals surface area contributed by atoms with Crippen molar-refractivity contribution >= 4 is 27.5 Å². The lowest BCUT2D eigenvalue weighted by molar-refractivity contribution is -0.118. The van der Waals surface area contributed by atoms with Crippen molar-refractivity contribution in [3.05, 3.63) is 24.4 Å². The minimum absolute atomic E-state index is 0.0854. The topological polar surface area (TPSA) is 45.2 Å². The van der Waals surface area contributed by atoms with Gasteiger partial charge in [-0.05, 0) is 50.0 Å². The second-order valence-electron chi connectivity index (χ2n) is 4.02. The Kier molecular flexibility index (Phi) is 7.88. The Hall–Kier alpha value is -0.720. The normalized spacial score (nSPS) is 10.6. The maximum atomic E-state index is 11.5. The lowest BCUT2D eigenvalue weighted by atomic mass is 10.4. The lowest BCUT2D eigenvalue weighted by Crippen LogP contribution is -2.28. The molecule has 1 amide bonds. The van der Waals surface area contributed by atoms with E-state index in [1.807, 2.05) is 32.3 Å². The van der Waals surface area contributed by atoms with E-state index in [0.717, 1.165) is 24.5 Å². The maximum absolute atomic E-state index is 11.5. The van der Waals surface area contributed by atoms with Gasteiger partial charge >= 0.3 is 0 Å². The van der Waals surface area contributed by atoms with Gasteiger partial charge < -0.3 is 10.2 Å². The first kappa shape index (κ1) is 15.3. The highest BCUT2D eigenvalue weighted by atomic mass is 33.1. The number of rotatable bonds is 8. The van der Waals surface area contributed by atoms with Crippen LogP contribution in [0, 0.1) is 0 Å². The number of amides is 1. The Bertz CT molecular complexity index is 346. The van der Waals surface area contributed by atoms with Crippen LogP contribution in [0.5, 0.6) is 0 Å². The Labute approximate surface area is 116 Å². The standard InChI is InChI=1S/C12H19N3OS2/c1-15(2)9-5-8-13-11(16)10-17-18-12-6-3-4-7-14-12/h3-4,6-7H,5,8-10H2,1-2H3,(H,13,16). The molecule has 0 saturated heterocycles. The van der Waals surface area contributed by atoms with Crippen LogP contribution in [-0.2, 0) is 4.79 Å². The predicted octanol–water partition coefficient (Wildman–Crippen LogP) is 1.89. The molecule has 0 radical (unpaired) electrons. The van der Waals surface area contributed by atoms with E-state index in [2.05, 4.69) is 15.2 Å². The van der Waals surface area contributed by atoms with Gasteiger partial charge in [-0.3, -0.25) is 4.79 Å². The molecule has 0 aliphatic rings. The van der Waals surface area contributed by atoms with Gasteiger partial charge in [0.15, 0.2) is 0 Å². The molecule has 0 aliphatic carbocycles. The van der Waals surface area contributed by atoms with Crippen LogP contribution in [0.2, 0.25) is 0 Å². The third-order valence-corrected chi connectivity index (χ3v) is 4.21. The van der Waals surface area contributed by atoms with Crippen LogP contribution in [0.15, 0.2) is 29.4 Å². The van der Waals surface area contributed by atoms with Crippen LogP contribution < -0.4 is 5.32 Å². The zero-order valence-electron chi connectivity index (χ0n) is 10.8. The van der Waals surface area contributed by atoms with E-state index < -0.39 is 0 Å². The van der Waals surface area contributed by atoms with E-state index in [9.17, 15) is 4.79 Å². The summed E-state index contributed by atoms with van der Waals surface area (Å²) in [5.41, 5.74) is 0. The van der Waals surface area contributed by atoms with Gasteiger partial charge in [0.2, 0.25) is 5.91 Å². The third-order valence-electron chi connectivity index (χ3n) is 2.08. The molecule has 0 spiro atoms. The largest absolute Gasteiger partial charge is 0.355 e. The van der Waals surface area contributed by atoms with Gasteiger partial charge in [0.1, 0.15) is 5.03 Å². The second kappa shape index (κ2) is 9.24. The van der Waals surface area contributed by atoms with Crippen LogP contribution in [0.25, 0.3) is 0 Å². The molecule has 0 bridgehead atoms. The number of nitrogens with zero attached hydrogens (tertiary/aromatic N) is 2. The van der Waals surface area contributed by atoms with E-state index in [0.29, 0.717) is 5.75 Å². The summed E-state index contributed by atoms with van der Waals surface area (Å²) in [6.07, 6.45) is 2.74. The van der Waals surface area contributed by atoms with Gasteiger partial charge in [-0.15, -0.1) is 0 Å². The first-order chi connectivity index (χ1) is 8.68.